The molecule has 0 aromatic rings. The van der Waals surface area contributed by atoms with Crippen molar-refractivity contribution in [2.45, 2.75) is 39.3 Å². The summed E-state index contributed by atoms with van der Waals surface area (Å²) >= 11 is 0.907. The smallest absolute Gasteiger partial charge is 0.408 e. The Morgan fingerprint density at radius 1 is 1.33 bits per heavy atom. The molecule has 0 spiro atoms. The molecule has 0 heterocycles. The van der Waals surface area contributed by atoms with Gasteiger partial charge < -0.3 is 19.9 Å². The fraction of sp³-hybridized carbons (Fsp3) is 0.700. The van der Waals surface area contributed by atoms with Crippen molar-refractivity contribution in [3.05, 3.63) is 0 Å². The molecule has 1 atom stereocenters. The fourth-order valence-corrected chi connectivity index (χ4v) is 1.53. The van der Waals surface area contributed by atoms with Gasteiger partial charge in [-0.15, -0.1) is 0 Å². The third kappa shape index (κ3) is 8.68. The van der Waals surface area contributed by atoms with Gasteiger partial charge in [0.1, 0.15) is 11.6 Å². The van der Waals surface area contributed by atoms with Gasteiger partial charge in [-0.05, 0) is 32.7 Å². The maximum absolute atomic E-state index is 11.4. The Morgan fingerprint density at radius 2 is 1.89 bits per heavy atom. The highest BCUT2D eigenvalue weighted by Gasteiger charge is 2.23. The van der Waals surface area contributed by atoms with Crippen LogP contribution in [-0.4, -0.2) is 40.5 Å². The van der Waals surface area contributed by atoms with Gasteiger partial charge in [0.2, 0.25) is 5.91 Å². The Bertz CT molecular complexity index is 327. The monoisotopic (exact) mass is 278 g/mol. The third-order valence-corrected chi connectivity index (χ3v) is 2.39. The number of rotatable bonds is 5. The van der Waals surface area contributed by atoms with Gasteiger partial charge in [0.05, 0.1) is 0 Å². The first kappa shape index (κ1) is 16.6. The van der Waals surface area contributed by atoms with E-state index in [4.69, 9.17) is 9.84 Å². The molecular weight excluding hydrogens is 260 g/mol. The van der Waals surface area contributed by atoms with Crippen molar-refractivity contribution in [3.63, 3.8) is 0 Å². The van der Waals surface area contributed by atoms with Crippen LogP contribution in [0.1, 0.15) is 27.7 Å². The Hall–Kier alpha value is -1.44. The predicted octanol–water partition coefficient (Wildman–Crippen LogP) is 0.749. The van der Waals surface area contributed by atoms with E-state index in [1.54, 1.807) is 20.8 Å². The van der Waals surface area contributed by atoms with Crippen LogP contribution < -0.4 is 10.0 Å². The maximum Gasteiger partial charge on any atom is 0.408 e. The average Bonchev–Trinajstić information content (AvgIpc) is 2.12. The number of carboxylic acids is 1. The summed E-state index contributed by atoms with van der Waals surface area (Å²) in [6.45, 7) is 6.33. The molecule has 0 radical (unpaired) electrons. The number of alkyl carbamates (subject to hydrolysis) is 1. The number of hydrogen-bond donors (Lipinski definition) is 3. The summed E-state index contributed by atoms with van der Waals surface area (Å²) in [5, 5.41) is 11.1. The Morgan fingerprint density at radius 3 is 2.28 bits per heavy atom. The highest BCUT2D eigenvalue weighted by molar-refractivity contribution is 7.98. The number of carbonyl (C=O) groups is 3. The van der Waals surface area contributed by atoms with Gasteiger partial charge >= 0.3 is 12.1 Å². The largest absolute Gasteiger partial charge is 0.480 e. The quantitative estimate of drug-likeness (QED) is 0.641. The van der Waals surface area contributed by atoms with Gasteiger partial charge in [-0.2, -0.15) is 0 Å². The third-order valence-electron chi connectivity index (χ3n) is 1.45. The van der Waals surface area contributed by atoms with Crippen molar-refractivity contribution in [1.29, 1.82) is 0 Å². The van der Waals surface area contributed by atoms with E-state index in [9.17, 15) is 14.4 Å². The minimum Gasteiger partial charge on any atom is -0.480 e. The van der Waals surface area contributed by atoms with Crippen molar-refractivity contribution in [1.82, 2.24) is 10.0 Å². The standard InChI is InChI=1S/C10H18N2O5S/c1-6(13)12-18-5-7(8(14)15)11-9(16)17-10(2,3)4/h7H,5H2,1-4H3,(H,11,16)(H,12,13)(H,14,15). The van der Waals surface area contributed by atoms with Gasteiger partial charge in [0.15, 0.2) is 0 Å². The van der Waals surface area contributed by atoms with Crippen LogP contribution >= 0.6 is 11.9 Å². The van der Waals surface area contributed by atoms with E-state index in [1.165, 1.54) is 6.92 Å². The van der Waals surface area contributed by atoms with E-state index in [-0.39, 0.29) is 11.7 Å². The zero-order chi connectivity index (χ0) is 14.3. The normalized spacial score (nSPS) is 12.4. The lowest BCUT2D eigenvalue weighted by molar-refractivity contribution is -0.138. The zero-order valence-corrected chi connectivity index (χ0v) is 11.6. The van der Waals surface area contributed by atoms with E-state index in [2.05, 4.69) is 10.0 Å². The maximum atomic E-state index is 11.4. The van der Waals surface area contributed by atoms with Crippen LogP contribution in [0, 0.1) is 0 Å². The van der Waals surface area contributed by atoms with Gasteiger partial charge in [0, 0.05) is 12.7 Å². The zero-order valence-electron chi connectivity index (χ0n) is 10.8. The van der Waals surface area contributed by atoms with Crippen molar-refractivity contribution in [3.8, 4) is 0 Å². The molecule has 7 nitrogen and oxygen atoms in total. The van der Waals surface area contributed by atoms with Gasteiger partial charge in [-0.3, -0.25) is 4.79 Å². The molecular formula is C10H18N2O5S. The molecule has 0 bridgehead atoms. The Labute approximate surface area is 110 Å². The Kier molecular flexibility index (Phi) is 6.53. The summed E-state index contributed by atoms with van der Waals surface area (Å²) in [7, 11) is 0. The van der Waals surface area contributed by atoms with Crippen LogP contribution in [0.4, 0.5) is 4.79 Å². The lowest BCUT2D eigenvalue weighted by atomic mass is 10.2. The molecule has 0 aliphatic heterocycles. The first-order valence-electron chi connectivity index (χ1n) is 5.22. The average molecular weight is 278 g/mol. The number of hydrogen-bond acceptors (Lipinski definition) is 5. The minimum atomic E-state index is -1.20. The van der Waals surface area contributed by atoms with Crippen LogP contribution in [0.5, 0.6) is 0 Å². The molecule has 3 N–H and O–H groups in total. The van der Waals surface area contributed by atoms with Crippen LogP contribution in [0.3, 0.4) is 0 Å². The van der Waals surface area contributed by atoms with Crippen molar-refractivity contribution >= 4 is 29.9 Å². The molecule has 0 aromatic heterocycles. The molecule has 1 unspecified atom stereocenters. The number of ether oxygens (including phenoxy) is 1. The second-order valence-corrected chi connectivity index (χ2v) is 5.33. The Balaban J connectivity index is 4.23. The lowest BCUT2D eigenvalue weighted by Crippen LogP contribution is -2.45. The molecule has 0 aliphatic carbocycles. The summed E-state index contributed by atoms with van der Waals surface area (Å²) in [6, 6.07) is -1.13. The van der Waals surface area contributed by atoms with Gasteiger partial charge in [0.25, 0.3) is 0 Å². The van der Waals surface area contributed by atoms with E-state index in [0.717, 1.165) is 11.9 Å². The van der Waals surface area contributed by atoms with Crippen LogP contribution in [0.2, 0.25) is 0 Å². The van der Waals surface area contributed by atoms with E-state index in [0.29, 0.717) is 0 Å². The van der Waals surface area contributed by atoms with Gasteiger partial charge in [-0.25, -0.2) is 9.59 Å². The van der Waals surface area contributed by atoms with Crippen molar-refractivity contribution in [2.75, 3.05) is 5.75 Å². The van der Waals surface area contributed by atoms with Crippen LogP contribution in [0.25, 0.3) is 0 Å². The van der Waals surface area contributed by atoms with E-state index < -0.39 is 23.7 Å². The first-order chi connectivity index (χ1) is 8.11. The summed E-state index contributed by atoms with van der Waals surface area (Å²) in [4.78, 5) is 32.9. The number of aliphatic carboxylic acids is 1. The summed E-state index contributed by atoms with van der Waals surface area (Å²) in [5.41, 5.74) is -0.697. The molecule has 2 amide bonds. The predicted molar refractivity (Wildman–Crippen MR) is 67.1 cm³/mol. The number of nitrogens with one attached hydrogen (secondary N) is 2. The van der Waals surface area contributed by atoms with Crippen LogP contribution in [0.15, 0.2) is 0 Å². The second-order valence-electron chi connectivity index (χ2n) is 4.51. The molecule has 104 valence electrons. The number of carboxylic acid groups (broad SMARTS) is 1. The van der Waals surface area contributed by atoms with Crippen molar-refractivity contribution < 1.29 is 24.2 Å². The van der Waals surface area contributed by atoms with E-state index in [1.807, 2.05) is 0 Å². The van der Waals surface area contributed by atoms with Crippen LogP contribution in [-0.2, 0) is 14.3 Å². The summed E-state index contributed by atoms with van der Waals surface area (Å²) in [5.74, 6) is -1.48. The summed E-state index contributed by atoms with van der Waals surface area (Å²) < 4.78 is 7.31. The highest BCUT2D eigenvalue weighted by atomic mass is 32.2. The molecule has 0 saturated heterocycles. The fourth-order valence-electron chi connectivity index (χ4n) is 0.851. The van der Waals surface area contributed by atoms with Crippen molar-refractivity contribution in [2.24, 2.45) is 0 Å². The topological polar surface area (TPSA) is 105 Å². The lowest BCUT2D eigenvalue weighted by Gasteiger charge is -2.21. The SMILES string of the molecule is CC(=O)NSCC(NC(=O)OC(C)(C)C)C(=O)O. The molecule has 0 aromatic carbocycles. The molecule has 18 heavy (non-hydrogen) atoms. The molecule has 0 aliphatic rings. The number of carbonyl (C=O) groups excluding carboxylic acids is 2. The highest BCUT2D eigenvalue weighted by Crippen LogP contribution is 2.07. The van der Waals surface area contributed by atoms with Gasteiger partial charge in [-0.1, -0.05) is 0 Å². The summed E-state index contributed by atoms with van der Waals surface area (Å²) in [6.07, 6.45) is -0.807. The van der Waals surface area contributed by atoms with E-state index >= 15 is 0 Å². The second kappa shape index (κ2) is 7.10. The molecule has 8 heteroatoms. The molecule has 0 saturated carbocycles. The molecule has 0 rings (SSSR count). The number of amides is 2. The minimum absolute atomic E-state index is 0.00809. The molecule has 0 fully saturated rings. The first-order valence-corrected chi connectivity index (χ1v) is 6.21.